The number of hydrogen-bond acceptors (Lipinski definition) is 2. The predicted octanol–water partition coefficient (Wildman–Crippen LogP) is 11.6. The van der Waals surface area contributed by atoms with Crippen molar-refractivity contribution in [1.82, 2.24) is 4.98 Å². The Balaban J connectivity index is 1.19. The fourth-order valence-electron chi connectivity index (χ4n) is 6.34. The van der Waals surface area contributed by atoms with Gasteiger partial charge < -0.3 is 0 Å². The molecule has 8 aromatic rings. The Kier molecular flexibility index (Phi) is 6.91. The zero-order valence-corrected chi connectivity index (χ0v) is 25.1. The molecule has 0 fully saturated rings. The minimum absolute atomic E-state index is 0.673. The van der Waals surface area contributed by atoms with Crippen molar-refractivity contribution in [3.8, 4) is 62.0 Å². The lowest BCUT2D eigenvalue weighted by Crippen LogP contribution is -1.91. The monoisotopic (exact) mass is 584 g/mol. The van der Waals surface area contributed by atoms with E-state index in [1.54, 1.807) is 0 Å². The number of hydrogen-bond donors (Lipinski definition) is 0. The number of pyridine rings is 1. The van der Waals surface area contributed by atoms with Crippen molar-refractivity contribution in [3.63, 3.8) is 0 Å². The lowest BCUT2D eigenvalue weighted by Gasteiger charge is -2.14. The van der Waals surface area contributed by atoms with E-state index in [4.69, 9.17) is 4.98 Å². The molecule has 0 saturated carbocycles. The summed E-state index contributed by atoms with van der Waals surface area (Å²) < 4.78 is 0. The minimum Gasteiger partial charge on any atom is -0.248 e. The summed E-state index contributed by atoms with van der Waals surface area (Å²) in [6.07, 6.45) is 0. The van der Waals surface area contributed by atoms with Crippen LogP contribution in [0.2, 0.25) is 0 Å². The van der Waals surface area contributed by atoms with Crippen LogP contribution >= 0.6 is 0 Å². The van der Waals surface area contributed by atoms with Crippen molar-refractivity contribution in [1.29, 1.82) is 5.26 Å². The fourth-order valence-corrected chi connectivity index (χ4v) is 6.34. The second-order valence-corrected chi connectivity index (χ2v) is 11.5. The van der Waals surface area contributed by atoms with Crippen LogP contribution in [-0.4, -0.2) is 4.98 Å². The van der Waals surface area contributed by atoms with Crippen molar-refractivity contribution < 1.29 is 0 Å². The van der Waals surface area contributed by atoms with E-state index in [0.29, 0.717) is 5.56 Å². The highest BCUT2D eigenvalue weighted by molar-refractivity contribution is 6.06. The Labute approximate surface area is 268 Å². The van der Waals surface area contributed by atoms with Crippen molar-refractivity contribution >= 4 is 21.5 Å². The van der Waals surface area contributed by atoms with E-state index in [0.717, 1.165) is 50.0 Å². The van der Waals surface area contributed by atoms with E-state index >= 15 is 0 Å². The first-order chi connectivity index (χ1) is 22.7. The summed E-state index contributed by atoms with van der Waals surface area (Å²) in [6.45, 7) is 0. The van der Waals surface area contributed by atoms with Crippen LogP contribution < -0.4 is 0 Å². The highest BCUT2D eigenvalue weighted by Gasteiger charge is 2.12. The third kappa shape index (κ3) is 5.11. The maximum Gasteiger partial charge on any atom is 0.0991 e. The molecule has 0 spiro atoms. The Bertz CT molecular complexity index is 2340. The largest absolute Gasteiger partial charge is 0.248 e. The first kappa shape index (κ1) is 27.3. The zero-order chi connectivity index (χ0) is 30.9. The number of fused-ring (bicyclic) bond motifs is 2. The summed E-state index contributed by atoms with van der Waals surface area (Å²) in [6, 6.07) is 61.6. The molecular weight excluding hydrogens is 556 g/mol. The normalized spacial score (nSPS) is 11.0. The third-order valence-corrected chi connectivity index (χ3v) is 8.70. The van der Waals surface area contributed by atoms with Gasteiger partial charge in [-0.1, -0.05) is 140 Å². The molecule has 1 heterocycles. The first-order valence-corrected chi connectivity index (χ1v) is 15.4. The van der Waals surface area contributed by atoms with Gasteiger partial charge in [0.15, 0.2) is 0 Å². The van der Waals surface area contributed by atoms with Gasteiger partial charge >= 0.3 is 0 Å². The molecule has 0 unspecified atom stereocenters. The first-order valence-electron chi connectivity index (χ1n) is 15.4. The molecule has 8 rings (SSSR count). The molecule has 0 N–H and O–H groups in total. The average molecular weight is 585 g/mol. The van der Waals surface area contributed by atoms with E-state index in [-0.39, 0.29) is 0 Å². The van der Waals surface area contributed by atoms with Crippen LogP contribution in [0.3, 0.4) is 0 Å². The molecule has 0 amide bonds. The van der Waals surface area contributed by atoms with Crippen LogP contribution in [0.15, 0.2) is 170 Å². The second kappa shape index (κ2) is 11.7. The number of aromatic nitrogens is 1. The molecule has 0 aliphatic heterocycles. The van der Waals surface area contributed by atoms with Gasteiger partial charge in [0.1, 0.15) is 0 Å². The van der Waals surface area contributed by atoms with Crippen LogP contribution in [-0.2, 0) is 0 Å². The summed E-state index contributed by atoms with van der Waals surface area (Å²) in [4.78, 5) is 5.11. The fraction of sp³-hybridized carbons (Fsp3) is 0. The SMILES string of the molecule is N#Cc1ccc2ccc(-c3ccc(-c4ccc(-c5cc(-c6ccccc6)cc(-c6ccccc6)n5)cc4)c4ccccc34)cc2c1. The zero-order valence-electron chi connectivity index (χ0n) is 25.1. The molecule has 0 aliphatic carbocycles. The summed E-state index contributed by atoms with van der Waals surface area (Å²) in [5.74, 6) is 0. The highest BCUT2D eigenvalue weighted by Crippen LogP contribution is 2.38. The van der Waals surface area contributed by atoms with Gasteiger partial charge in [0, 0.05) is 11.1 Å². The third-order valence-electron chi connectivity index (χ3n) is 8.70. The van der Waals surface area contributed by atoms with Crippen molar-refractivity contribution in [3.05, 3.63) is 175 Å². The highest BCUT2D eigenvalue weighted by atomic mass is 14.7. The van der Waals surface area contributed by atoms with Gasteiger partial charge in [-0.2, -0.15) is 5.26 Å². The quantitative estimate of drug-likeness (QED) is 0.202. The van der Waals surface area contributed by atoms with Gasteiger partial charge in [0.2, 0.25) is 0 Å². The molecule has 2 heteroatoms. The molecule has 0 atom stereocenters. The summed E-state index contributed by atoms with van der Waals surface area (Å²) >= 11 is 0. The van der Waals surface area contributed by atoms with Crippen LogP contribution in [0.4, 0.5) is 0 Å². The maximum atomic E-state index is 9.41. The van der Waals surface area contributed by atoms with E-state index in [9.17, 15) is 5.26 Å². The Morgan fingerprint density at radius 1 is 0.370 bits per heavy atom. The number of rotatable bonds is 5. The van der Waals surface area contributed by atoms with Gasteiger partial charge in [0.25, 0.3) is 0 Å². The molecule has 7 aromatic carbocycles. The minimum atomic E-state index is 0.673. The molecule has 0 saturated heterocycles. The van der Waals surface area contributed by atoms with E-state index in [2.05, 4.69) is 146 Å². The molecule has 46 heavy (non-hydrogen) atoms. The maximum absolute atomic E-state index is 9.41. The Morgan fingerprint density at radius 2 is 0.891 bits per heavy atom. The number of benzene rings is 7. The van der Waals surface area contributed by atoms with Crippen LogP contribution in [0, 0.1) is 11.3 Å². The van der Waals surface area contributed by atoms with Crippen LogP contribution in [0.1, 0.15) is 5.56 Å². The molecule has 214 valence electrons. The predicted molar refractivity (Wildman–Crippen MR) is 191 cm³/mol. The molecule has 0 aliphatic rings. The number of nitriles is 1. The molecule has 2 nitrogen and oxygen atoms in total. The molecule has 1 aromatic heterocycles. The smallest absolute Gasteiger partial charge is 0.0991 e. The van der Waals surface area contributed by atoms with Crippen molar-refractivity contribution in [2.45, 2.75) is 0 Å². The van der Waals surface area contributed by atoms with Crippen molar-refractivity contribution in [2.75, 3.05) is 0 Å². The molecule has 0 bridgehead atoms. The lowest BCUT2D eigenvalue weighted by atomic mass is 9.91. The standard InChI is InChI=1S/C44H28N2/c45-29-30-15-16-32-17-22-36(26-37(32)25-30)40-24-23-39(41-13-7-8-14-42(40)41)33-18-20-35(21-19-33)44-28-38(31-9-3-1-4-10-31)27-43(46-44)34-11-5-2-6-12-34/h1-28H. The van der Waals surface area contributed by atoms with Gasteiger partial charge in [-0.15, -0.1) is 0 Å². The van der Waals surface area contributed by atoms with Gasteiger partial charge in [-0.05, 0) is 85.3 Å². The average Bonchev–Trinajstić information content (AvgIpc) is 3.14. The summed E-state index contributed by atoms with van der Waals surface area (Å²) in [5, 5.41) is 14.0. The van der Waals surface area contributed by atoms with Gasteiger partial charge in [-0.3, -0.25) is 0 Å². The lowest BCUT2D eigenvalue weighted by molar-refractivity contribution is 1.32. The van der Waals surface area contributed by atoms with Crippen molar-refractivity contribution in [2.24, 2.45) is 0 Å². The van der Waals surface area contributed by atoms with E-state index in [1.165, 1.54) is 27.5 Å². The van der Waals surface area contributed by atoms with Crippen LogP contribution in [0.25, 0.3) is 77.4 Å². The Hall–Kier alpha value is -6.30. The second-order valence-electron chi connectivity index (χ2n) is 11.5. The van der Waals surface area contributed by atoms with Crippen LogP contribution in [0.5, 0.6) is 0 Å². The Morgan fingerprint density at radius 3 is 1.54 bits per heavy atom. The van der Waals surface area contributed by atoms with E-state index < -0.39 is 0 Å². The number of nitrogens with zero attached hydrogens (tertiary/aromatic N) is 2. The summed E-state index contributed by atoms with van der Waals surface area (Å²) in [7, 11) is 0. The van der Waals surface area contributed by atoms with E-state index in [1.807, 2.05) is 30.3 Å². The van der Waals surface area contributed by atoms with Gasteiger partial charge in [-0.25, -0.2) is 4.98 Å². The van der Waals surface area contributed by atoms with Gasteiger partial charge in [0.05, 0.1) is 23.0 Å². The molecule has 0 radical (unpaired) electrons. The molecular formula is C44H28N2. The topological polar surface area (TPSA) is 36.7 Å². The summed E-state index contributed by atoms with van der Waals surface area (Å²) in [5.41, 5.74) is 11.7.